The summed E-state index contributed by atoms with van der Waals surface area (Å²) < 4.78 is 0. The van der Waals surface area contributed by atoms with Crippen molar-refractivity contribution < 1.29 is 0 Å². The number of aryl methyl sites for hydroxylation is 1. The molecule has 0 aliphatic heterocycles. The van der Waals surface area contributed by atoms with Gasteiger partial charge >= 0.3 is 0 Å². The summed E-state index contributed by atoms with van der Waals surface area (Å²) in [6.45, 7) is 2.16. The van der Waals surface area contributed by atoms with Crippen LogP contribution in [0.25, 0.3) is 6.08 Å². The van der Waals surface area contributed by atoms with Gasteiger partial charge in [0.2, 0.25) is 0 Å². The molecule has 0 unspecified atom stereocenters. The van der Waals surface area contributed by atoms with E-state index in [1.165, 1.54) is 11.1 Å². The zero-order valence-corrected chi connectivity index (χ0v) is 10.6. The fourth-order valence-electron chi connectivity index (χ4n) is 1.65. The van der Waals surface area contributed by atoms with Crippen molar-refractivity contribution in [2.75, 3.05) is 0 Å². The molecule has 0 bridgehead atoms. The lowest BCUT2D eigenvalue weighted by atomic mass is 10.1. The molecule has 0 N–H and O–H groups in total. The van der Waals surface area contributed by atoms with Crippen molar-refractivity contribution in [1.29, 1.82) is 0 Å². The molecule has 0 aromatic heterocycles. The van der Waals surface area contributed by atoms with Gasteiger partial charge in [-0.05, 0) is 41.8 Å². The maximum absolute atomic E-state index is 3.10. The molecule has 0 amide bonds. The van der Waals surface area contributed by atoms with E-state index in [0.29, 0.717) is 0 Å². The van der Waals surface area contributed by atoms with Crippen LogP contribution in [0.2, 0.25) is 0 Å². The average molecular weight is 232 g/mol. The maximum Gasteiger partial charge on any atom is 0.0248 e. The minimum atomic E-state index is 1.04. The summed E-state index contributed by atoms with van der Waals surface area (Å²) in [6.07, 6.45) is 5.02. The number of hydrogen-bond acceptors (Lipinski definition) is 0. The van der Waals surface area contributed by atoms with Crippen LogP contribution >= 0.6 is 0 Å². The highest BCUT2D eigenvalue weighted by Gasteiger charge is 1.88. The lowest BCUT2D eigenvalue weighted by molar-refractivity contribution is 1.14. The average Bonchev–Trinajstić information content (AvgIpc) is 2.45. The highest BCUT2D eigenvalue weighted by Crippen LogP contribution is 2.06. The quantitative estimate of drug-likeness (QED) is 0.677. The van der Waals surface area contributed by atoms with Gasteiger partial charge in [0, 0.05) is 5.56 Å². The molecule has 2 rings (SSSR count). The smallest absolute Gasteiger partial charge is 0.0248 e. The molecule has 0 aliphatic carbocycles. The van der Waals surface area contributed by atoms with Gasteiger partial charge in [0.15, 0.2) is 0 Å². The third-order valence-corrected chi connectivity index (χ3v) is 2.74. The topological polar surface area (TPSA) is 0 Å². The van der Waals surface area contributed by atoms with Crippen LogP contribution in [-0.4, -0.2) is 0 Å². The molecule has 0 heterocycles. The molecule has 0 heteroatoms. The lowest BCUT2D eigenvalue weighted by Gasteiger charge is -1.96. The molecule has 88 valence electrons. The fourth-order valence-corrected chi connectivity index (χ4v) is 1.65. The van der Waals surface area contributed by atoms with Crippen molar-refractivity contribution in [3.05, 3.63) is 77.4 Å². The first-order valence-corrected chi connectivity index (χ1v) is 6.20. The van der Waals surface area contributed by atoms with E-state index < -0.39 is 0 Å². The Morgan fingerprint density at radius 2 is 1.67 bits per heavy atom. The van der Waals surface area contributed by atoms with E-state index in [9.17, 15) is 0 Å². The minimum absolute atomic E-state index is 1.04. The number of allylic oxidation sites excluding steroid dienone is 1. The summed E-state index contributed by atoms with van der Waals surface area (Å²) in [7, 11) is 0. The zero-order chi connectivity index (χ0) is 12.6. The summed E-state index contributed by atoms with van der Waals surface area (Å²) >= 11 is 0. The summed E-state index contributed by atoms with van der Waals surface area (Å²) in [5.41, 5.74) is 3.60. The molecule has 2 aromatic rings. The van der Waals surface area contributed by atoms with E-state index in [0.717, 1.165) is 12.0 Å². The first-order chi connectivity index (χ1) is 8.88. The number of hydrogen-bond donors (Lipinski definition) is 0. The Morgan fingerprint density at radius 3 is 2.33 bits per heavy atom. The second-order valence-electron chi connectivity index (χ2n) is 4.06. The van der Waals surface area contributed by atoms with Crippen molar-refractivity contribution in [3.63, 3.8) is 0 Å². The summed E-state index contributed by atoms with van der Waals surface area (Å²) in [4.78, 5) is 0. The molecule has 18 heavy (non-hydrogen) atoms. The minimum Gasteiger partial charge on any atom is -0.0696 e. The molecule has 0 nitrogen and oxygen atoms in total. The van der Waals surface area contributed by atoms with E-state index >= 15 is 0 Å². The predicted octanol–water partition coefficient (Wildman–Crippen LogP) is 4.31. The van der Waals surface area contributed by atoms with Crippen LogP contribution in [-0.2, 0) is 6.42 Å². The fraction of sp³-hybridized carbons (Fsp3) is 0.111. The molecule has 0 aliphatic rings. The van der Waals surface area contributed by atoms with Crippen molar-refractivity contribution >= 4 is 6.08 Å². The Hall–Kier alpha value is -2.26. The van der Waals surface area contributed by atoms with Gasteiger partial charge in [-0.2, -0.15) is 0 Å². The normalized spacial score (nSPS) is 10.1. The molecule has 0 spiro atoms. The first-order valence-electron chi connectivity index (χ1n) is 6.20. The van der Waals surface area contributed by atoms with Crippen LogP contribution in [0.5, 0.6) is 0 Å². The first kappa shape index (κ1) is 12.2. The van der Waals surface area contributed by atoms with E-state index in [4.69, 9.17) is 0 Å². The van der Waals surface area contributed by atoms with Crippen molar-refractivity contribution in [1.82, 2.24) is 0 Å². The van der Waals surface area contributed by atoms with Crippen molar-refractivity contribution in [3.8, 4) is 11.8 Å². The molecular weight excluding hydrogens is 216 g/mol. The third kappa shape index (κ3) is 3.64. The molecule has 0 fully saturated rings. The van der Waals surface area contributed by atoms with Crippen LogP contribution in [0.4, 0.5) is 0 Å². The van der Waals surface area contributed by atoms with Crippen molar-refractivity contribution in [2.24, 2.45) is 0 Å². The predicted molar refractivity (Wildman–Crippen MR) is 78.2 cm³/mol. The maximum atomic E-state index is 3.10. The Bertz CT molecular complexity index is 563. The van der Waals surface area contributed by atoms with Crippen LogP contribution in [0, 0.1) is 11.8 Å². The van der Waals surface area contributed by atoms with Crippen LogP contribution in [0.15, 0.2) is 60.7 Å². The van der Waals surface area contributed by atoms with Crippen molar-refractivity contribution in [2.45, 2.75) is 13.3 Å². The summed E-state index contributed by atoms with van der Waals surface area (Å²) in [6, 6.07) is 18.6. The molecule has 0 saturated carbocycles. The molecule has 0 saturated heterocycles. The Balaban J connectivity index is 2.01. The van der Waals surface area contributed by atoms with Crippen LogP contribution < -0.4 is 0 Å². The highest BCUT2D eigenvalue weighted by molar-refractivity contribution is 5.54. The highest BCUT2D eigenvalue weighted by atomic mass is 13.9. The van der Waals surface area contributed by atoms with Gasteiger partial charge < -0.3 is 0 Å². The largest absolute Gasteiger partial charge is 0.0696 e. The van der Waals surface area contributed by atoms with Crippen LogP contribution in [0.3, 0.4) is 0 Å². The van der Waals surface area contributed by atoms with E-state index in [-0.39, 0.29) is 0 Å². The van der Waals surface area contributed by atoms with E-state index in [1.807, 2.05) is 42.5 Å². The Kier molecular flexibility index (Phi) is 4.39. The standard InChI is InChI=1S/C18H16/c1-2-16-12-14-18(15-13-16)11-7-6-10-17-8-4-3-5-9-17/h3-5,7-9,11-15H,2H2,1H3/b11-7+. The van der Waals surface area contributed by atoms with E-state index in [1.54, 1.807) is 0 Å². The molecule has 2 aromatic carbocycles. The Morgan fingerprint density at radius 1 is 0.944 bits per heavy atom. The molecule has 0 atom stereocenters. The zero-order valence-electron chi connectivity index (χ0n) is 10.6. The van der Waals surface area contributed by atoms with E-state index in [2.05, 4.69) is 43.0 Å². The van der Waals surface area contributed by atoms with Gasteiger partial charge in [0.25, 0.3) is 0 Å². The Labute approximate surface area is 109 Å². The van der Waals surface area contributed by atoms with Crippen LogP contribution in [0.1, 0.15) is 23.6 Å². The van der Waals surface area contributed by atoms with Gasteiger partial charge in [0.05, 0.1) is 0 Å². The van der Waals surface area contributed by atoms with Gasteiger partial charge in [0.1, 0.15) is 0 Å². The van der Waals surface area contributed by atoms with Gasteiger partial charge in [-0.15, -0.1) is 0 Å². The molecule has 0 radical (unpaired) electrons. The van der Waals surface area contributed by atoms with Gasteiger partial charge in [-0.25, -0.2) is 0 Å². The lowest BCUT2D eigenvalue weighted by Crippen LogP contribution is -1.78. The summed E-state index contributed by atoms with van der Waals surface area (Å²) in [5.74, 6) is 6.15. The van der Waals surface area contributed by atoms with Gasteiger partial charge in [-0.1, -0.05) is 61.2 Å². The summed E-state index contributed by atoms with van der Waals surface area (Å²) in [5, 5.41) is 0. The second kappa shape index (κ2) is 6.47. The van der Waals surface area contributed by atoms with Gasteiger partial charge in [-0.3, -0.25) is 0 Å². The second-order valence-corrected chi connectivity index (χ2v) is 4.06. The monoisotopic (exact) mass is 232 g/mol. The third-order valence-electron chi connectivity index (χ3n) is 2.74. The molecular formula is C18H16. The number of benzene rings is 2. The SMILES string of the molecule is CCc1ccc(/C=C/C#Cc2ccccc2)cc1. The number of rotatable bonds is 2.